The van der Waals surface area contributed by atoms with Crippen LogP contribution in [0.5, 0.6) is 0 Å². The maximum absolute atomic E-state index is 12.2. The summed E-state index contributed by atoms with van der Waals surface area (Å²) < 4.78 is 25.8. The molecule has 2 unspecified atom stereocenters. The summed E-state index contributed by atoms with van der Waals surface area (Å²) in [5.74, 6) is 0.824. The van der Waals surface area contributed by atoms with E-state index in [1.807, 2.05) is 13.8 Å². The summed E-state index contributed by atoms with van der Waals surface area (Å²) in [6.07, 6.45) is 2.33. The van der Waals surface area contributed by atoms with E-state index in [0.717, 1.165) is 19.3 Å². The molecule has 5 nitrogen and oxygen atoms in total. The van der Waals surface area contributed by atoms with E-state index in [2.05, 4.69) is 5.32 Å². The smallest absolute Gasteiger partial charge is 0.239 e. The van der Waals surface area contributed by atoms with Crippen molar-refractivity contribution in [2.24, 2.45) is 0 Å². The molecule has 1 amide bonds. The Labute approximate surface area is 113 Å². The molecule has 0 spiro atoms. The van der Waals surface area contributed by atoms with Crippen molar-refractivity contribution in [3.8, 4) is 0 Å². The molecule has 1 N–H and O–H groups in total. The molecule has 2 aliphatic rings. The maximum atomic E-state index is 12.2. The third-order valence-corrected chi connectivity index (χ3v) is 6.94. The number of nitrogens with one attached hydrogen (secondary N) is 1. The molecule has 1 saturated heterocycles. The van der Waals surface area contributed by atoms with E-state index in [4.69, 9.17) is 0 Å². The van der Waals surface area contributed by atoms with E-state index in [-0.39, 0.29) is 17.2 Å². The fraction of sp³-hybridized carbons (Fsp3) is 0.909. The minimum absolute atomic E-state index is 0.0913. The number of thioether (sulfide) groups is 1. The maximum Gasteiger partial charge on any atom is 0.239 e. The average molecular weight is 292 g/mol. The summed E-state index contributed by atoms with van der Waals surface area (Å²) in [5, 5.41) is 2.63. The van der Waals surface area contributed by atoms with Gasteiger partial charge in [-0.15, -0.1) is 11.8 Å². The molecular weight excluding hydrogens is 272 g/mol. The molecule has 1 saturated carbocycles. The lowest BCUT2D eigenvalue weighted by atomic mass is 10.2. The quantitative estimate of drug-likeness (QED) is 0.813. The molecule has 0 aromatic heterocycles. The molecular formula is C11H20N2O3S2. The van der Waals surface area contributed by atoms with E-state index >= 15 is 0 Å². The number of sulfonamides is 1. The fourth-order valence-electron chi connectivity index (χ4n) is 1.88. The van der Waals surface area contributed by atoms with Crippen LogP contribution in [0.15, 0.2) is 0 Å². The van der Waals surface area contributed by atoms with Gasteiger partial charge in [0.05, 0.1) is 11.1 Å². The summed E-state index contributed by atoms with van der Waals surface area (Å²) in [4.78, 5) is 12.1. The largest absolute Gasteiger partial charge is 0.352 e. The van der Waals surface area contributed by atoms with Gasteiger partial charge >= 0.3 is 0 Å². The van der Waals surface area contributed by atoms with E-state index in [0.29, 0.717) is 11.6 Å². The first-order valence-corrected chi connectivity index (χ1v) is 9.01. The van der Waals surface area contributed by atoms with Gasteiger partial charge in [0.25, 0.3) is 0 Å². The van der Waals surface area contributed by atoms with Crippen LogP contribution in [0.3, 0.4) is 0 Å². The van der Waals surface area contributed by atoms with Gasteiger partial charge in [-0.25, -0.2) is 8.42 Å². The Morgan fingerprint density at radius 3 is 2.72 bits per heavy atom. The Bertz CT molecular complexity index is 420. The summed E-state index contributed by atoms with van der Waals surface area (Å²) in [6.45, 7) is 3.92. The van der Waals surface area contributed by atoms with E-state index in [1.165, 1.54) is 16.1 Å². The van der Waals surface area contributed by atoms with Crippen LogP contribution in [0.4, 0.5) is 0 Å². The zero-order valence-corrected chi connectivity index (χ0v) is 12.4. The van der Waals surface area contributed by atoms with Gasteiger partial charge in [0.2, 0.25) is 15.9 Å². The van der Waals surface area contributed by atoms with E-state index in [9.17, 15) is 13.2 Å². The number of hydrogen-bond donors (Lipinski definition) is 1. The molecule has 0 bridgehead atoms. The Hall–Kier alpha value is -0.270. The fourth-order valence-corrected chi connectivity index (χ4v) is 5.45. The van der Waals surface area contributed by atoms with Gasteiger partial charge in [-0.3, -0.25) is 4.79 Å². The van der Waals surface area contributed by atoms with Gasteiger partial charge in [0, 0.05) is 11.8 Å². The third kappa shape index (κ3) is 2.83. The second-order valence-electron chi connectivity index (χ2n) is 4.96. The van der Waals surface area contributed by atoms with Crippen molar-refractivity contribution in [2.45, 2.75) is 50.4 Å². The number of amides is 1. The van der Waals surface area contributed by atoms with Crippen LogP contribution in [-0.4, -0.2) is 47.6 Å². The van der Waals surface area contributed by atoms with Gasteiger partial charge < -0.3 is 5.32 Å². The predicted molar refractivity (Wildman–Crippen MR) is 72.8 cm³/mol. The molecule has 7 heteroatoms. The monoisotopic (exact) mass is 292 g/mol. The van der Waals surface area contributed by atoms with Crippen LogP contribution in [0.25, 0.3) is 0 Å². The molecule has 18 heavy (non-hydrogen) atoms. The Kier molecular flexibility index (Phi) is 4.23. The second-order valence-corrected chi connectivity index (χ2v) is 8.13. The SMILES string of the molecule is CCC(C)NC(=O)C1CSCN1S(=O)(=O)C1CC1. The lowest BCUT2D eigenvalue weighted by Crippen LogP contribution is -2.50. The van der Waals surface area contributed by atoms with Gasteiger partial charge in [-0.2, -0.15) is 4.31 Å². The minimum Gasteiger partial charge on any atom is -0.352 e. The highest BCUT2D eigenvalue weighted by atomic mass is 32.2. The summed E-state index contributed by atoms with van der Waals surface area (Å²) in [6, 6.07) is -0.428. The van der Waals surface area contributed by atoms with Crippen molar-refractivity contribution in [3.63, 3.8) is 0 Å². The molecule has 1 aliphatic carbocycles. The molecule has 2 rings (SSSR count). The van der Waals surface area contributed by atoms with Crippen molar-refractivity contribution < 1.29 is 13.2 Å². The van der Waals surface area contributed by atoms with Crippen LogP contribution in [-0.2, 0) is 14.8 Å². The first-order chi connectivity index (χ1) is 8.46. The Morgan fingerprint density at radius 2 is 2.17 bits per heavy atom. The summed E-state index contributed by atoms with van der Waals surface area (Å²) >= 11 is 1.51. The highest BCUT2D eigenvalue weighted by Crippen LogP contribution is 2.35. The predicted octanol–water partition coefficient (Wildman–Crippen LogP) is 0.768. The number of rotatable bonds is 5. The van der Waals surface area contributed by atoms with Crippen molar-refractivity contribution >= 4 is 27.7 Å². The molecule has 0 radical (unpaired) electrons. The average Bonchev–Trinajstić information content (AvgIpc) is 3.06. The molecule has 104 valence electrons. The summed E-state index contributed by atoms with van der Waals surface area (Å²) in [5.41, 5.74) is 0. The third-order valence-electron chi connectivity index (χ3n) is 3.42. The molecule has 2 atom stereocenters. The first-order valence-electron chi connectivity index (χ1n) is 6.35. The van der Waals surface area contributed by atoms with Crippen molar-refractivity contribution in [3.05, 3.63) is 0 Å². The second kappa shape index (κ2) is 5.38. The number of carbonyl (C=O) groups is 1. The van der Waals surface area contributed by atoms with Crippen molar-refractivity contribution in [1.82, 2.24) is 9.62 Å². The van der Waals surface area contributed by atoms with Gasteiger partial charge in [-0.1, -0.05) is 6.92 Å². The molecule has 1 aliphatic heterocycles. The van der Waals surface area contributed by atoms with Crippen LogP contribution >= 0.6 is 11.8 Å². The van der Waals surface area contributed by atoms with E-state index in [1.54, 1.807) is 0 Å². The molecule has 2 fully saturated rings. The Morgan fingerprint density at radius 1 is 1.50 bits per heavy atom. The van der Waals surface area contributed by atoms with Gasteiger partial charge in [0.1, 0.15) is 6.04 Å². The molecule has 0 aromatic carbocycles. The highest BCUT2D eigenvalue weighted by molar-refractivity contribution is 8.00. The Balaban J connectivity index is 2.05. The highest BCUT2D eigenvalue weighted by Gasteiger charge is 2.46. The normalized spacial score (nSPS) is 27.1. The summed E-state index contributed by atoms with van der Waals surface area (Å²) in [7, 11) is -3.25. The van der Waals surface area contributed by atoms with Gasteiger partial charge in [-0.05, 0) is 26.2 Å². The van der Waals surface area contributed by atoms with Crippen molar-refractivity contribution in [2.75, 3.05) is 11.6 Å². The number of carbonyl (C=O) groups excluding carboxylic acids is 1. The molecule has 0 aromatic rings. The lowest BCUT2D eigenvalue weighted by Gasteiger charge is -2.23. The molecule has 1 heterocycles. The van der Waals surface area contributed by atoms with Crippen LogP contribution in [0, 0.1) is 0 Å². The minimum atomic E-state index is -3.25. The van der Waals surface area contributed by atoms with Crippen LogP contribution in [0.2, 0.25) is 0 Å². The van der Waals surface area contributed by atoms with E-state index < -0.39 is 16.1 Å². The topological polar surface area (TPSA) is 66.5 Å². The number of hydrogen-bond acceptors (Lipinski definition) is 4. The lowest BCUT2D eigenvalue weighted by molar-refractivity contribution is -0.124. The van der Waals surface area contributed by atoms with Crippen LogP contribution < -0.4 is 5.32 Å². The number of nitrogens with zero attached hydrogens (tertiary/aromatic N) is 1. The van der Waals surface area contributed by atoms with Gasteiger partial charge in [0.15, 0.2) is 0 Å². The zero-order valence-electron chi connectivity index (χ0n) is 10.8. The van der Waals surface area contributed by atoms with Crippen LogP contribution in [0.1, 0.15) is 33.1 Å². The van der Waals surface area contributed by atoms with Crippen molar-refractivity contribution in [1.29, 1.82) is 0 Å². The standard InChI is InChI=1S/C11H20N2O3S2/c1-3-8(2)12-11(14)10-6-17-7-13(10)18(15,16)9-4-5-9/h8-10H,3-7H2,1-2H3,(H,12,14). The zero-order chi connectivity index (χ0) is 13.3. The first kappa shape index (κ1) is 14.1.